The summed E-state index contributed by atoms with van der Waals surface area (Å²) >= 11 is 1.94. The SMILES string of the molecule is CC1(C)c2ccc(-c3ccc(-c4c5ccccc5c(-c5ccccc5)c5ccccc45)cc3)cc2-c2ccc3sc4c5ccccc5ccc4c3c21. The molecular formula is C51H34S. The van der Waals surface area contributed by atoms with Gasteiger partial charge in [-0.2, -0.15) is 0 Å². The molecule has 244 valence electrons. The highest BCUT2D eigenvalue weighted by Gasteiger charge is 2.38. The summed E-state index contributed by atoms with van der Waals surface area (Å²) in [4.78, 5) is 0. The molecule has 0 spiro atoms. The van der Waals surface area contributed by atoms with Crippen LogP contribution in [0.15, 0.2) is 170 Å². The quantitative estimate of drug-likeness (QED) is 0.163. The zero-order valence-corrected chi connectivity index (χ0v) is 29.9. The number of hydrogen-bond acceptors (Lipinski definition) is 1. The molecule has 1 aliphatic rings. The number of fused-ring (bicyclic) bond motifs is 11. The van der Waals surface area contributed by atoms with Gasteiger partial charge >= 0.3 is 0 Å². The van der Waals surface area contributed by atoms with Crippen molar-refractivity contribution >= 4 is 63.8 Å². The molecule has 52 heavy (non-hydrogen) atoms. The summed E-state index contributed by atoms with van der Waals surface area (Å²) in [6.45, 7) is 4.82. The van der Waals surface area contributed by atoms with Crippen molar-refractivity contribution in [3.8, 4) is 44.5 Å². The van der Waals surface area contributed by atoms with E-state index in [0.29, 0.717) is 0 Å². The van der Waals surface area contributed by atoms with Crippen molar-refractivity contribution in [1.82, 2.24) is 0 Å². The van der Waals surface area contributed by atoms with Crippen molar-refractivity contribution in [1.29, 1.82) is 0 Å². The molecule has 10 aromatic rings. The molecule has 0 bridgehead atoms. The summed E-state index contributed by atoms with van der Waals surface area (Å²) in [7, 11) is 0. The van der Waals surface area contributed by atoms with Crippen LogP contribution in [-0.4, -0.2) is 0 Å². The summed E-state index contributed by atoms with van der Waals surface area (Å²) in [6.07, 6.45) is 0. The number of rotatable bonds is 3. The molecule has 1 aromatic heterocycles. The largest absolute Gasteiger partial charge is 0.135 e. The van der Waals surface area contributed by atoms with Crippen LogP contribution in [0, 0.1) is 0 Å². The van der Waals surface area contributed by atoms with Crippen LogP contribution in [0.5, 0.6) is 0 Å². The number of hydrogen-bond donors (Lipinski definition) is 0. The Morgan fingerprint density at radius 3 is 1.63 bits per heavy atom. The Morgan fingerprint density at radius 2 is 0.962 bits per heavy atom. The van der Waals surface area contributed by atoms with Gasteiger partial charge in [0, 0.05) is 25.6 Å². The average Bonchev–Trinajstić information content (AvgIpc) is 3.69. The summed E-state index contributed by atoms with van der Waals surface area (Å²) in [5, 5.41) is 10.6. The second-order valence-electron chi connectivity index (χ2n) is 14.8. The third-order valence-corrected chi connectivity index (χ3v) is 12.8. The molecule has 0 nitrogen and oxygen atoms in total. The van der Waals surface area contributed by atoms with Gasteiger partial charge in [-0.1, -0.05) is 172 Å². The Kier molecular flexibility index (Phi) is 6.27. The Morgan fingerprint density at radius 1 is 0.404 bits per heavy atom. The lowest BCUT2D eigenvalue weighted by atomic mass is 9.80. The summed E-state index contributed by atoms with van der Waals surface area (Å²) < 4.78 is 2.77. The molecule has 0 saturated carbocycles. The van der Waals surface area contributed by atoms with Crippen molar-refractivity contribution in [2.75, 3.05) is 0 Å². The monoisotopic (exact) mass is 678 g/mol. The van der Waals surface area contributed by atoms with Crippen LogP contribution in [0.25, 0.3) is 97.0 Å². The van der Waals surface area contributed by atoms with E-state index in [1.54, 1.807) is 0 Å². The van der Waals surface area contributed by atoms with Crippen molar-refractivity contribution in [3.63, 3.8) is 0 Å². The highest BCUT2D eigenvalue weighted by atomic mass is 32.1. The first-order valence-electron chi connectivity index (χ1n) is 18.2. The Labute approximate surface area is 307 Å². The van der Waals surface area contributed by atoms with Crippen LogP contribution in [0.2, 0.25) is 0 Å². The second-order valence-corrected chi connectivity index (χ2v) is 15.8. The Hall–Kier alpha value is -6.02. The van der Waals surface area contributed by atoms with Crippen LogP contribution in [0.1, 0.15) is 25.0 Å². The summed E-state index contributed by atoms with van der Waals surface area (Å²) in [6, 6.07) is 63.2. The van der Waals surface area contributed by atoms with E-state index in [2.05, 4.69) is 184 Å². The molecule has 1 aliphatic carbocycles. The summed E-state index contributed by atoms with van der Waals surface area (Å²) in [5.74, 6) is 0. The van der Waals surface area contributed by atoms with Crippen LogP contribution in [0.4, 0.5) is 0 Å². The second kappa shape index (κ2) is 11.0. The van der Waals surface area contributed by atoms with Crippen LogP contribution in [-0.2, 0) is 5.41 Å². The molecule has 0 aliphatic heterocycles. The fourth-order valence-electron chi connectivity index (χ4n) is 9.28. The van der Waals surface area contributed by atoms with Gasteiger partial charge in [-0.15, -0.1) is 11.3 Å². The van der Waals surface area contributed by atoms with Gasteiger partial charge < -0.3 is 0 Å². The van der Waals surface area contributed by atoms with Gasteiger partial charge in [0.1, 0.15) is 0 Å². The molecule has 9 aromatic carbocycles. The van der Waals surface area contributed by atoms with Crippen LogP contribution in [0.3, 0.4) is 0 Å². The zero-order chi connectivity index (χ0) is 34.6. The highest BCUT2D eigenvalue weighted by molar-refractivity contribution is 7.26. The molecule has 0 N–H and O–H groups in total. The first-order valence-corrected chi connectivity index (χ1v) is 19.0. The fraction of sp³-hybridized carbons (Fsp3) is 0.0588. The molecule has 0 amide bonds. The van der Waals surface area contributed by atoms with Gasteiger partial charge in [0.25, 0.3) is 0 Å². The first kappa shape index (κ1) is 29.7. The van der Waals surface area contributed by atoms with Crippen molar-refractivity contribution in [2.45, 2.75) is 19.3 Å². The van der Waals surface area contributed by atoms with Crippen molar-refractivity contribution in [3.05, 3.63) is 181 Å². The van der Waals surface area contributed by atoms with Gasteiger partial charge in [0.2, 0.25) is 0 Å². The lowest BCUT2D eigenvalue weighted by molar-refractivity contribution is 0.667. The third kappa shape index (κ3) is 4.15. The van der Waals surface area contributed by atoms with E-state index in [4.69, 9.17) is 0 Å². The van der Waals surface area contributed by atoms with E-state index in [0.717, 1.165) is 0 Å². The van der Waals surface area contributed by atoms with E-state index >= 15 is 0 Å². The van der Waals surface area contributed by atoms with Gasteiger partial charge in [-0.25, -0.2) is 0 Å². The van der Waals surface area contributed by atoms with E-state index in [1.807, 2.05) is 11.3 Å². The van der Waals surface area contributed by atoms with Crippen molar-refractivity contribution in [2.24, 2.45) is 0 Å². The normalized spacial score (nSPS) is 13.3. The Balaban J connectivity index is 1.05. The van der Waals surface area contributed by atoms with Gasteiger partial charge in [0.05, 0.1) is 0 Å². The van der Waals surface area contributed by atoms with E-state index < -0.39 is 0 Å². The standard InChI is InChI=1S/C51H34S/c1-51(2)44-28-25-35(30-43(44)41-27-29-45-48(49(41)51)42-26-24-32-12-6-7-15-36(32)50(42)52-45)31-20-22-34(23-21-31)47-39-18-10-8-16-37(39)46(33-13-4-3-5-14-33)38-17-9-11-19-40(38)47/h3-30H,1-2H3. The minimum atomic E-state index is -0.0970. The maximum absolute atomic E-state index is 2.44. The van der Waals surface area contributed by atoms with Gasteiger partial charge in [-0.05, 0) is 100 Å². The van der Waals surface area contributed by atoms with E-state index in [9.17, 15) is 0 Å². The smallest absolute Gasteiger partial charge is 0.0433 e. The summed E-state index contributed by atoms with van der Waals surface area (Å²) in [5.41, 5.74) is 13.1. The zero-order valence-electron chi connectivity index (χ0n) is 29.1. The third-order valence-electron chi connectivity index (χ3n) is 11.6. The fourth-order valence-corrected chi connectivity index (χ4v) is 10.5. The van der Waals surface area contributed by atoms with Crippen molar-refractivity contribution < 1.29 is 0 Å². The predicted molar refractivity (Wildman–Crippen MR) is 226 cm³/mol. The lowest BCUT2D eigenvalue weighted by Crippen LogP contribution is -2.15. The molecule has 0 atom stereocenters. The topological polar surface area (TPSA) is 0 Å². The van der Waals surface area contributed by atoms with Crippen LogP contribution >= 0.6 is 11.3 Å². The average molecular weight is 679 g/mol. The molecule has 1 heterocycles. The first-order chi connectivity index (χ1) is 25.6. The lowest BCUT2D eigenvalue weighted by Gasteiger charge is -2.23. The highest BCUT2D eigenvalue weighted by Crippen LogP contribution is 2.55. The maximum Gasteiger partial charge on any atom is 0.0433 e. The minimum absolute atomic E-state index is 0.0970. The molecule has 1 heteroatoms. The molecule has 0 fully saturated rings. The maximum atomic E-state index is 2.44. The van der Waals surface area contributed by atoms with Gasteiger partial charge in [-0.3, -0.25) is 0 Å². The minimum Gasteiger partial charge on any atom is -0.135 e. The molecule has 0 saturated heterocycles. The molecule has 0 unspecified atom stereocenters. The number of thiophene rings is 1. The number of benzene rings is 9. The molecule has 11 rings (SSSR count). The van der Waals surface area contributed by atoms with E-state index in [-0.39, 0.29) is 5.41 Å². The van der Waals surface area contributed by atoms with E-state index in [1.165, 1.54) is 108 Å². The molecular weight excluding hydrogens is 645 g/mol. The predicted octanol–water partition coefficient (Wildman–Crippen LogP) is 14.8. The van der Waals surface area contributed by atoms with Gasteiger partial charge in [0.15, 0.2) is 0 Å². The molecule has 0 radical (unpaired) electrons. The van der Waals surface area contributed by atoms with Crippen LogP contribution < -0.4 is 0 Å². The Bertz CT molecular complexity index is 3010.